The van der Waals surface area contributed by atoms with Crippen LogP contribution in [0.5, 0.6) is 0 Å². The summed E-state index contributed by atoms with van der Waals surface area (Å²) in [5.41, 5.74) is 1.06. The monoisotopic (exact) mass is 259 g/mol. The number of aromatic nitrogens is 1. The highest BCUT2D eigenvalue weighted by atomic mass is 35.5. The first kappa shape index (κ1) is 12.5. The number of benzene rings is 1. The molecule has 0 aliphatic rings. The van der Waals surface area contributed by atoms with Crippen LogP contribution in [0.3, 0.4) is 0 Å². The number of carbonyl (C=O) groups is 1. The molecule has 0 aliphatic heterocycles. The van der Waals surface area contributed by atoms with Gasteiger partial charge in [0.05, 0.1) is 5.02 Å². The lowest BCUT2D eigenvalue weighted by molar-refractivity contribution is 0.0652. The van der Waals surface area contributed by atoms with Gasteiger partial charge >= 0.3 is 5.97 Å². The van der Waals surface area contributed by atoms with Gasteiger partial charge in [0, 0.05) is 11.6 Å². The van der Waals surface area contributed by atoms with Crippen molar-refractivity contribution in [3.63, 3.8) is 0 Å². The molecular weight excluding hydrogens is 253 g/mol. The molecule has 2 aromatic rings. The zero-order valence-electron chi connectivity index (χ0n) is 7.88. The summed E-state index contributed by atoms with van der Waals surface area (Å²) in [5.74, 6) is -1.36. The van der Waals surface area contributed by atoms with Gasteiger partial charge in [0.25, 0.3) is 0 Å². The molecule has 0 unspecified atom stereocenters. The van der Waals surface area contributed by atoms with Gasteiger partial charge in [0.15, 0.2) is 0 Å². The van der Waals surface area contributed by atoms with E-state index in [0.717, 1.165) is 0 Å². The molecule has 84 valence electrons. The van der Waals surface area contributed by atoms with Crippen molar-refractivity contribution in [3.05, 3.63) is 41.1 Å². The third-order valence-corrected chi connectivity index (χ3v) is 2.20. The molecule has 1 N–H and O–H groups in total. The molecule has 0 amide bonds. The predicted octanol–water partition coefficient (Wildman–Crippen LogP) is 3.12. The molecule has 1 aromatic carbocycles. The maximum atomic E-state index is 10.6. The Labute approximate surface area is 102 Å². The number of carboxylic acid groups (broad SMARTS) is 1. The Balaban J connectivity index is 0.00000128. The number of halogens is 2. The van der Waals surface area contributed by atoms with E-state index < -0.39 is 5.97 Å². The average Bonchev–Trinajstić information content (AvgIpc) is 2.67. The van der Waals surface area contributed by atoms with Gasteiger partial charge in [-0.2, -0.15) is 0 Å². The Morgan fingerprint density at radius 1 is 1.38 bits per heavy atom. The topological polar surface area (TPSA) is 63.3 Å². The molecule has 4 nitrogen and oxygen atoms in total. The van der Waals surface area contributed by atoms with E-state index in [4.69, 9.17) is 16.7 Å². The first-order valence-corrected chi connectivity index (χ1v) is 4.51. The summed E-state index contributed by atoms with van der Waals surface area (Å²) < 4.78 is 4.63. The third-order valence-electron chi connectivity index (χ3n) is 1.87. The van der Waals surface area contributed by atoms with Crippen LogP contribution in [0.1, 0.15) is 10.6 Å². The maximum Gasteiger partial charge on any atom is 0.374 e. The molecule has 1 heterocycles. The summed E-state index contributed by atoms with van der Waals surface area (Å²) in [4.78, 5) is 10.6. The fourth-order valence-corrected chi connectivity index (χ4v) is 1.40. The van der Waals surface area contributed by atoms with E-state index in [-0.39, 0.29) is 18.2 Å². The SMILES string of the molecule is Cl.O=C(O)c1cc(-c2ccccc2Cl)no1. The van der Waals surface area contributed by atoms with Crippen molar-refractivity contribution < 1.29 is 14.4 Å². The van der Waals surface area contributed by atoms with Gasteiger partial charge < -0.3 is 9.63 Å². The van der Waals surface area contributed by atoms with E-state index in [1.54, 1.807) is 24.3 Å². The van der Waals surface area contributed by atoms with Crippen molar-refractivity contribution in [1.29, 1.82) is 0 Å². The van der Waals surface area contributed by atoms with Crippen LogP contribution in [-0.2, 0) is 0 Å². The van der Waals surface area contributed by atoms with Crippen molar-refractivity contribution in [2.75, 3.05) is 0 Å². The molecule has 0 spiro atoms. The van der Waals surface area contributed by atoms with Crippen LogP contribution >= 0.6 is 24.0 Å². The molecule has 1 aromatic heterocycles. The Morgan fingerprint density at radius 2 is 2.06 bits per heavy atom. The zero-order chi connectivity index (χ0) is 10.8. The van der Waals surface area contributed by atoms with Crippen molar-refractivity contribution in [3.8, 4) is 11.3 Å². The van der Waals surface area contributed by atoms with E-state index in [0.29, 0.717) is 16.3 Å². The Morgan fingerprint density at radius 3 is 2.62 bits per heavy atom. The minimum Gasteiger partial charge on any atom is -0.475 e. The van der Waals surface area contributed by atoms with Gasteiger partial charge in [-0.05, 0) is 6.07 Å². The standard InChI is InChI=1S/C10H6ClNO3.ClH/c11-7-4-2-1-3-6(7)8-5-9(10(13)14)15-12-8;/h1-5H,(H,13,14);1H. The number of hydrogen-bond acceptors (Lipinski definition) is 3. The van der Waals surface area contributed by atoms with Crippen molar-refractivity contribution in [1.82, 2.24) is 5.16 Å². The highest BCUT2D eigenvalue weighted by Crippen LogP contribution is 2.26. The van der Waals surface area contributed by atoms with Gasteiger partial charge in [-0.25, -0.2) is 4.79 Å². The molecule has 0 radical (unpaired) electrons. The predicted molar refractivity (Wildman–Crippen MR) is 61.2 cm³/mol. The maximum absolute atomic E-state index is 10.6. The minimum atomic E-state index is -1.15. The number of hydrogen-bond donors (Lipinski definition) is 1. The number of aromatic carboxylic acids is 1. The fourth-order valence-electron chi connectivity index (χ4n) is 1.17. The number of rotatable bonds is 2. The van der Waals surface area contributed by atoms with Gasteiger partial charge in [-0.15, -0.1) is 12.4 Å². The highest BCUT2D eigenvalue weighted by Gasteiger charge is 2.13. The van der Waals surface area contributed by atoms with Crippen LogP contribution in [0.25, 0.3) is 11.3 Å². The first-order chi connectivity index (χ1) is 7.18. The zero-order valence-corrected chi connectivity index (χ0v) is 9.46. The quantitative estimate of drug-likeness (QED) is 0.900. The van der Waals surface area contributed by atoms with Crippen molar-refractivity contribution in [2.45, 2.75) is 0 Å². The summed E-state index contributed by atoms with van der Waals surface area (Å²) in [6.07, 6.45) is 0. The molecule has 0 bridgehead atoms. The van der Waals surface area contributed by atoms with E-state index in [9.17, 15) is 4.79 Å². The van der Waals surface area contributed by atoms with Crippen LogP contribution in [0.15, 0.2) is 34.9 Å². The number of carboxylic acids is 1. The summed E-state index contributed by atoms with van der Waals surface area (Å²) in [7, 11) is 0. The van der Waals surface area contributed by atoms with Gasteiger partial charge in [-0.3, -0.25) is 0 Å². The van der Waals surface area contributed by atoms with Crippen LogP contribution in [-0.4, -0.2) is 16.2 Å². The second kappa shape index (κ2) is 5.01. The van der Waals surface area contributed by atoms with Crippen LogP contribution in [0.2, 0.25) is 5.02 Å². The van der Waals surface area contributed by atoms with Crippen LogP contribution in [0.4, 0.5) is 0 Å². The summed E-state index contributed by atoms with van der Waals surface area (Å²) in [6, 6.07) is 8.35. The lowest BCUT2D eigenvalue weighted by Gasteiger charge is -1.96. The first-order valence-electron chi connectivity index (χ1n) is 4.13. The van der Waals surface area contributed by atoms with Gasteiger partial charge in [0.2, 0.25) is 5.76 Å². The Kier molecular flexibility index (Phi) is 3.93. The van der Waals surface area contributed by atoms with Gasteiger partial charge in [0.1, 0.15) is 5.69 Å². The normalized spacial score (nSPS) is 9.56. The molecule has 16 heavy (non-hydrogen) atoms. The molecule has 2 rings (SSSR count). The molecule has 6 heteroatoms. The third kappa shape index (κ3) is 2.35. The van der Waals surface area contributed by atoms with Crippen molar-refractivity contribution >= 4 is 30.0 Å². The molecule has 0 saturated carbocycles. The fraction of sp³-hybridized carbons (Fsp3) is 0. The van der Waals surface area contributed by atoms with E-state index >= 15 is 0 Å². The lowest BCUT2D eigenvalue weighted by Crippen LogP contribution is -1.91. The van der Waals surface area contributed by atoms with Crippen LogP contribution in [0, 0.1) is 0 Å². The van der Waals surface area contributed by atoms with E-state index in [1.807, 2.05) is 0 Å². The number of nitrogens with zero attached hydrogens (tertiary/aromatic N) is 1. The van der Waals surface area contributed by atoms with Crippen molar-refractivity contribution in [2.24, 2.45) is 0 Å². The molecular formula is C10H7Cl2NO3. The molecule has 0 fully saturated rings. The summed E-state index contributed by atoms with van der Waals surface area (Å²) >= 11 is 5.92. The molecule has 0 aliphatic carbocycles. The van der Waals surface area contributed by atoms with Crippen LogP contribution < -0.4 is 0 Å². The second-order valence-electron chi connectivity index (χ2n) is 2.86. The average molecular weight is 260 g/mol. The second-order valence-corrected chi connectivity index (χ2v) is 3.27. The summed E-state index contributed by atoms with van der Waals surface area (Å²) in [6.45, 7) is 0. The van der Waals surface area contributed by atoms with E-state index in [1.165, 1.54) is 6.07 Å². The minimum absolute atomic E-state index is 0. The largest absolute Gasteiger partial charge is 0.475 e. The molecule has 0 saturated heterocycles. The smallest absolute Gasteiger partial charge is 0.374 e. The lowest BCUT2D eigenvalue weighted by atomic mass is 10.1. The highest BCUT2D eigenvalue weighted by molar-refractivity contribution is 6.33. The summed E-state index contributed by atoms with van der Waals surface area (Å²) in [5, 5.41) is 12.8. The Bertz CT molecular complexity index is 510. The molecule has 0 atom stereocenters. The van der Waals surface area contributed by atoms with Gasteiger partial charge in [-0.1, -0.05) is 35.0 Å². The Hall–Kier alpha value is -1.52. The van der Waals surface area contributed by atoms with E-state index in [2.05, 4.69) is 9.68 Å².